The molecule has 0 bridgehead atoms. The molecule has 1 heterocycles. The second-order valence-electron chi connectivity index (χ2n) is 7.98. The van der Waals surface area contributed by atoms with Gasteiger partial charge in [-0.2, -0.15) is 0 Å². The van der Waals surface area contributed by atoms with E-state index in [0.717, 1.165) is 0 Å². The maximum atomic E-state index is 3.60. The molecular weight excluding hydrogens is 314 g/mol. The number of H-pyrrole nitrogens is 1. The smallest absolute Gasteiger partial charge is 0.0471 e. The largest absolute Gasteiger partial charge is 0.354 e. The van der Waals surface area contributed by atoms with Crippen molar-refractivity contribution in [3.8, 4) is 11.1 Å². The molecular formula is C25H19N. The highest BCUT2D eigenvalue weighted by Gasteiger charge is 2.36. The summed E-state index contributed by atoms with van der Waals surface area (Å²) in [5, 5.41) is 5.27. The molecule has 6 rings (SSSR count). The van der Waals surface area contributed by atoms with Gasteiger partial charge in [0, 0.05) is 27.2 Å². The fourth-order valence-electron chi connectivity index (χ4n) is 4.76. The Morgan fingerprint density at radius 3 is 2.12 bits per heavy atom. The number of nitrogens with one attached hydrogen (secondary N) is 1. The molecule has 0 radical (unpaired) electrons. The minimum atomic E-state index is 0.0151. The van der Waals surface area contributed by atoms with Crippen LogP contribution in [0.15, 0.2) is 72.8 Å². The van der Waals surface area contributed by atoms with Gasteiger partial charge in [-0.05, 0) is 63.4 Å². The summed E-state index contributed by atoms with van der Waals surface area (Å²) in [6, 6.07) is 26.8. The Morgan fingerprint density at radius 1 is 0.615 bits per heavy atom. The van der Waals surface area contributed by atoms with E-state index in [1.807, 2.05) is 0 Å². The van der Waals surface area contributed by atoms with Crippen LogP contribution >= 0.6 is 0 Å². The molecule has 0 aliphatic heterocycles. The predicted molar refractivity (Wildman–Crippen MR) is 111 cm³/mol. The van der Waals surface area contributed by atoms with Crippen molar-refractivity contribution in [1.29, 1.82) is 0 Å². The molecule has 1 aromatic heterocycles. The third kappa shape index (κ3) is 1.65. The highest BCUT2D eigenvalue weighted by atomic mass is 14.7. The monoisotopic (exact) mass is 333 g/mol. The standard InChI is InChI=1S/C25H19N/c1-25(2)21-12-16-8-4-3-7-15(16)11-18(21)19-14-24-20(13-22(19)25)17-9-5-6-10-23(17)26-24/h3-14,26H,1-2H3. The predicted octanol–water partition coefficient (Wildman–Crippen LogP) is 6.78. The molecule has 0 spiro atoms. The number of hydrogen-bond acceptors (Lipinski definition) is 0. The normalized spacial score (nSPS) is 14.8. The Labute approximate surface area is 152 Å². The zero-order chi connectivity index (χ0) is 17.5. The quantitative estimate of drug-likeness (QED) is 0.321. The number of fused-ring (bicyclic) bond motifs is 7. The molecule has 1 aliphatic carbocycles. The molecule has 1 N–H and O–H groups in total. The summed E-state index contributed by atoms with van der Waals surface area (Å²) in [6.07, 6.45) is 0. The SMILES string of the molecule is CC1(C)c2cc3ccccc3cc2-c2cc3[nH]c4ccccc4c3cc21. The van der Waals surface area contributed by atoms with Gasteiger partial charge in [-0.3, -0.25) is 0 Å². The molecule has 26 heavy (non-hydrogen) atoms. The highest BCUT2D eigenvalue weighted by Crippen LogP contribution is 2.51. The van der Waals surface area contributed by atoms with E-state index >= 15 is 0 Å². The molecule has 0 unspecified atom stereocenters. The molecule has 1 heteroatoms. The Bertz CT molecular complexity index is 1350. The van der Waals surface area contributed by atoms with Crippen molar-refractivity contribution in [3.63, 3.8) is 0 Å². The molecule has 0 saturated heterocycles. The van der Waals surface area contributed by atoms with Crippen molar-refractivity contribution < 1.29 is 0 Å². The average Bonchev–Trinajstić information content (AvgIpc) is 3.12. The van der Waals surface area contributed by atoms with Crippen LogP contribution in [0.3, 0.4) is 0 Å². The van der Waals surface area contributed by atoms with Crippen LogP contribution in [0.2, 0.25) is 0 Å². The van der Waals surface area contributed by atoms with Crippen LogP contribution in [0.25, 0.3) is 43.7 Å². The van der Waals surface area contributed by atoms with Gasteiger partial charge in [-0.15, -0.1) is 0 Å². The number of rotatable bonds is 0. The second-order valence-corrected chi connectivity index (χ2v) is 7.98. The van der Waals surface area contributed by atoms with E-state index in [1.165, 1.54) is 54.8 Å². The summed E-state index contributed by atoms with van der Waals surface area (Å²) in [6.45, 7) is 4.71. The lowest BCUT2D eigenvalue weighted by molar-refractivity contribution is 0.662. The molecule has 1 nitrogen and oxygen atoms in total. The van der Waals surface area contributed by atoms with E-state index in [1.54, 1.807) is 0 Å². The molecule has 0 fully saturated rings. The zero-order valence-corrected chi connectivity index (χ0v) is 14.9. The third-order valence-electron chi connectivity index (χ3n) is 6.17. The van der Waals surface area contributed by atoms with Crippen LogP contribution in [0.5, 0.6) is 0 Å². The Kier molecular flexibility index (Phi) is 2.48. The van der Waals surface area contributed by atoms with Crippen LogP contribution in [0.4, 0.5) is 0 Å². The summed E-state index contributed by atoms with van der Waals surface area (Å²) >= 11 is 0. The van der Waals surface area contributed by atoms with Gasteiger partial charge in [0.1, 0.15) is 0 Å². The Morgan fingerprint density at radius 2 is 1.27 bits per heavy atom. The number of aromatic nitrogens is 1. The van der Waals surface area contributed by atoms with Crippen LogP contribution in [-0.2, 0) is 5.41 Å². The van der Waals surface area contributed by atoms with E-state index in [-0.39, 0.29) is 5.41 Å². The fraction of sp³-hybridized carbons (Fsp3) is 0.120. The first-order chi connectivity index (χ1) is 12.6. The van der Waals surface area contributed by atoms with Gasteiger partial charge in [-0.1, -0.05) is 56.3 Å². The molecule has 0 amide bonds. The summed E-state index contributed by atoms with van der Waals surface area (Å²) in [5.41, 5.74) is 8.06. The minimum Gasteiger partial charge on any atom is -0.354 e. The van der Waals surface area contributed by atoms with Crippen molar-refractivity contribution in [2.45, 2.75) is 19.3 Å². The first-order valence-corrected chi connectivity index (χ1v) is 9.21. The van der Waals surface area contributed by atoms with Crippen LogP contribution in [-0.4, -0.2) is 4.98 Å². The number of para-hydroxylation sites is 1. The van der Waals surface area contributed by atoms with Gasteiger partial charge in [0.15, 0.2) is 0 Å². The Hall–Kier alpha value is -3.06. The van der Waals surface area contributed by atoms with E-state index in [4.69, 9.17) is 0 Å². The molecule has 0 saturated carbocycles. The summed E-state index contributed by atoms with van der Waals surface area (Å²) < 4.78 is 0. The lowest BCUT2D eigenvalue weighted by Crippen LogP contribution is -2.14. The number of benzene rings is 4. The molecule has 1 aliphatic rings. The van der Waals surface area contributed by atoms with Gasteiger partial charge in [0.05, 0.1) is 0 Å². The van der Waals surface area contributed by atoms with Crippen molar-refractivity contribution in [2.24, 2.45) is 0 Å². The van der Waals surface area contributed by atoms with Crippen LogP contribution < -0.4 is 0 Å². The van der Waals surface area contributed by atoms with Crippen molar-refractivity contribution in [2.75, 3.05) is 0 Å². The third-order valence-corrected chi connectivity index (χ3v) is 6.17. The van der Waals surface area contributed by atoms with Crippen LogP contribution in [0, 0.1) is 0 Å². The van der Waals surface area contributed by atoms with Gasteiger partial charge in [-0.25, -0.2) is 0 Å². The maximum absolute atomic E-state index is 3.60. The maximum Gasteiger partial charge on any atom is 0.0471 e. The number of aromatic amines is 1. The highest BCUT2D eigenvalue weighted by molar-refractivity contribution is 6.10. The van der Waals surface area contributed by atoms with Gasteiger partial charge in [0.2, 0.25) is 0 Å². The lowest BCUT2D eigenvalue weighted by atomic mass is 9.81. The molecule has 124 valence electrons. The average molecular weight is 333 g/mol. The van der Waals surface area contributed by atoms with E-state index in [0.29, 0.717) is 0 Å². The van der Waals surface area contributed by atoms with Crippen molar-refractivity contribution in [1.82, 2.24) is 4.98 Å². The Balaban J connectivity index is 1.75. The first-order valence-electron chi connectivity index (χ1n) is 9.21. The van der Waals surface area contributed by atoms with E-state index in [2.05, 4.69) is 91.6 Å². The van der Waals surface area contributed by atoms with Crippen molar-refractivity contribution in [3.05, 3.63) is 83.9 Å². The first kappa shape index (κ1) is 14.1. The topological polar surface area (TPSA) is 15.8 Å². The number of hydrogen-bond donors (Lipinski definition) is 1. The van der Waals surface area contributed by atoms with E-state index in [9.17, 15) is 0 Å². The second kappa shape index (κ2) is 4.56. The summed E-state index contributed by atoms with van der Waals surface area (Å²) in [5.74, 6) is 0. The summed E-state index contributed by atoms with van der Waals surface area (Å²) in [7, 11) is 0. The summed E-state index contributed by atoms with van der Waals surface area (Å²) in [4.78, 5) is 3.60. The van der Waals surface area contributed by atoms with Crippen LogP contribution in [0.1, 0.15) is 25.0 Å². The minimum absolute atomic E-state index is 0.0151. The van der Waals surface area contributed by atoms with Crippen molar-refractivity contribution >= 4 is 32.6 Å². The van der Waals surface area contributed by atoms with Gasteiger partial charge < -0.3 is 4.98 Å². The molecule has 0 atom stereocenters. The van der Waals surface area contributed by atoms with E-state index < -0.39 is 0 Å². The zero-order valence-electron chi connectivity index (χ0n) is 14.9. The lowest BCUT2D eigenvalue weighted by Gasteiger charge is -2.22. The molecule has 5 aromatic rings. The van der Waals surface area contributed by atoms with Gasteiger partial charge >= 0.3 is 0 Å². The fourth-order valence-corrected chi connectivity index (χ4v) is 4.76. The molecule has 4 aromatic carbocycles. The van der Waals surface area contributed by atoms with Gasteiger partial charge in [0.25, 0.3) is 0 Å².